The van der Waals surface area contributed by atoms with Crippen LogP contribution in [0.5, 0.6) is 0 Å². The van der Waals surface area contributed by atoms with Gasteiger partial charge in [0.25, 0.3) is 5.56 Å². The zero-order valence-corrected chi connectivity index (χ0v) is 11.0. The van der Waals surface area contributed by atoms with Crippen LogP contribution in [0.1, 0.15) is 11.1 Å². The molecule has 1 aromatic rings. The zero-order valence-electron chi connectivity index (χ0n) is 11.0. The van der Waals surface area contributed by atoms with E-state index < -0.39 is 11.2 Å². The lowest BCUT2D eigenvalue weighted by atomic mass is 10.1. The Kier molecular flexibility index (Phi) is 2.65. The fourth-order valence-electron chi connectivity index (χ4n) is 2.26. The molecule has 2 aliphatic heterocycles. The molecule has 3 rings (SSSR count). The maximum atomic E-state index is 11.8. The molecular formula is C13H12N4O3. The normalized spacial score (nSPS) is 11.3. The number of rotatable bonds is 1. The first-order valence-electron chi connectivity index (χ1n) is 6.02. The molecular weight excluding hydrogens is 260 g/mol. The molecule has 0 atom stereocenters. The number of nitrogens with one attached hydrogen (secondary N) is 1. The van der Waals surface area contributed by atoms with Crippen LogP contribution in [0.15, 0.2) is 21.7 Å². The van der Waals surface area contributed by atoms with Crippen molar-refractivity contribution in [1.82, 2.24) is 19.5 Å². The number of hydrogen-bond acceptors (Lipinski definition) is 5. The SMILES string of the molecule is Cc1cc2nc3c(=O)[nH]c(=O)nc-3n(C)c2cc1CO. The fraction of sp³-hybridized carbons (Fsp3) is 0.231. The molecule has 7 nitrogen and oxygen atoms in total. The molecule has 0 saturated carbocycles. The van der Waals surface area contributed by atoms with Crippen molar-refractivity contribution in [1.29, 1.82) is 0 Å². The summed E-state index contributed by atoms with van der Waals surface area (Å²) in [5.74, 6) is 0.221. The lowest BCUT2D eigenvalue weighted by Gasteiger charge is -2.14. The van der Waals surface area contributed by atoms with E-state index in [1.165, 1.54) is 0 Å². The Morgan fingerprint density at radius 3 is 2.75 bits per heavy atom. The molecule has 0 saturated heterocycles. The van der Waals surface area contributed by atoms with Gasteiger partial charge in [-0.25, -0.2) is 9.78 Å². The molecule has 0 amide bonds. The Labute approximate surface area is 112 Å². The minimum Gasteiger partial charge on any atom is -0.392 e. The third-order valence-electron chi connectivity index (χ3n) is 3.37. The zero-order chi connectivity index (χ0) is 14.4. The summed E-state index contributed by atoms with van der Waals surface area (Å²) in [6.07, 6.45) is 0. The van der Waals surface area contributed by atoms with E-state index in [0.717, 1.165) is 11.1 Å². The number of benzene rings is 1. The highest BCUT2D eigenvalue weighted by atomic mass is 16.3. The lowest BCUT2D eigenvalue weighted by molar-refractivity contribution is 0.281. The van der Waals surface area contributed by atoms with E-state index in [-0.39, 0.29) is 18.1 Å². The summed E-state index contributed by atoms with van der Waals surface area (Å²) in [6, 6.07) is 3.58. The summed E-state index contributed by atoms with van der Waals surface area (Å²) >= 11 is 0. The van der Waals surface area contributed by atoms with Crippen LogP contribution < -0.4 is 11.2 Å². The first-order chi connectivity index (χ1) is 9.51. The highest BCUT2D eigenvalue weighted by Gasteiger charge is 2.17. The number of aliphatic hydroxyl groups excluding tert-OH is 1. The molecule has 2 N–H and O–H groups in total. The van der Waals surface area contributed by atoms with Gasteiger partial charge in [-0.15, -0.1) is 0 Å². The highest BCUT2D eigenvalue weighted by Crippen LogP contribution is 2.22. The highest BCUT2D eigenvalue weighted by molar-refractivity contribution is 5.80. The van der Waals surface area contributed by atoms with Gasteiger partial charge in [0, 0.05) is 7.05 Å². The summed E-state index contributed by atoms with van der Waals surface area (Å²) in [4.78, 5) is 33.3. The van der Waals surface area contributed by atoms with Gasteiger partial charge >= 0.3 is 5.69 Å². The average molecular weight is 272 g/mol. The van der Waals surface area contributed by atoms with Gasteiger partial charge in [0.05, 0.1) is 17.6 Å². The van der Waals surface area contributed by atoms with Crippen molar-refractivity contribution in [2.45, 2.75) is 13.5 Å². The number of aromatic amines is 1. The fourth-order valence-corrected chi connectivity index (χ4v) is 2.26. The minimum atomic E-state index is -0.700. The maximum absolute atomic E-state index is 11.8. The summed E-state index contributed by atoms with van der Waals surface area (Å²) in [6.45, 7) is 1.77. The van der Waals surface area contributed by atoms with Crippen molar-refractivity contribution in [2.75, 3.05) is 0 Å². The predicted molar refractivity (Wildman–Crippen MR) is 72.7 cm³/mol. The van der Waals surface area contributed by atoms with Crippen molar-refractivity contribution in [2.24, 2.45) is 7.05 Å². The van der Waals surface area contributed by atoms with Gasteiger partial charge < -0.3 is 9.67 Å². The first kappa shape index (κ1) is 12.5. The van der Waals surface area contributed by atoms with Crippen LogP contribution in [0, 0.1) is 6.92 Å². The Morgan fingerprint density at radius 1 is 1.30 bits per heavy atom. The molecule has 0 bridgehead atoms. The Balaban J connectivity index is 2.55. The van der Waals surface area contributed by atoms with E-state index in [1.54, 1.807) is 23.7 Å². The quantitative estimate of drug-likeness (QED) is 0.603. The maximum Gasteiger partial charge on any atom is 0.349 e. The molecule has 0 aliphatic carbocycles. The van der Waals surface area contributed by atoms with Crippen LogP contribution >= 0.6 is 0 Å². The molecule has 0 unspecified atom stereocenters. The van der Waals surface area contributed by atoms with E-state index in [1.807, 2.05) is 6.92 Å². The van der Waals surface area contributed by atoms with Gasteiger partial charge in [-0.05, 0) is 30.2 Å². The Hall–Kier alpha value is -2.54. The third-order valence-corrected chi connectivity index (χ3v) is 3.37. The first-order valence-corrected chi connectivity index (χ1v) is 6.02. The molecule has 2 heterocycles. The smallest absolute Gasteiger partial charge is 0.349 e. The number of H-pyrrole nitrogens is 1. The molecule has 0 aromatic heterocycles. The van der Waals surface area contributed by atoms with E-state index in [0.29, 0.717) is 11.0 Å². The topological polar surface area (TPSA) is 101 Å². The van der Waals surface area contributed by atoms with Gasteiger partial charge in [-0.3, -0.25) is 9.78 Å². The van der Waals surface area contributed by atoms with E-state index in [9.17, 15) is 14.7 Å². The van der Waals surface area contributed by atoms with E-state index in [2.05, 4.69) is 15.0 Å². The van der Waals surface area contributed by atoms with Crippen LogP contribution in [-0.2, 0) is 13.7 Å². The van der Waals surface area contributed by atoms with Crippen LogP contribution in [0.3, 0.4) is 0 Å². The van der Waals surface area contributed by atoms with Crippen molar-refractivity contribution in [3.8, 4) is 11.5 Å². The van der Waals surface area contributed by atoms with Crippen molar-refractivity contribution >= 4 is 11.0 Å². The molecule has 102 valence electrons. The number of aromatic nitrogens is 4. The predicted octanol–water partition coefficient (Wildman–Crippen LogP) is -0.0777. The standard InChI is InChI=1S/C13H12N4O3/c1-6-3-8-9(4-7(6)5-18)17(2)11-10(14-8)12(19)16-13(20)15-11/h3-4,18H,5H2,1-2H3,(H,16,19,20). The Bertz CT molecular complexity index is 910. The van der Waals surface area contributed by atoms with Gasteiger partial charge in [0.15, 0.2) is 11.5 Å². The summed E-state index contributed by atoms with van der Waals surface area (Å²) in [7, 11) is 1.70. The summed E-state index contributed by atoms with van der Waals surface area (Å²) < 4.78 is 1.63. The second kappa shape index (κ2) is 4.24. The van der Waals surface area contributed by atoms with Gasteiger partial charge in [0.2, 0.25) is 0 Å². The van der Waals surface area contributed by atoms with Gasteiger partial charge in [-0.1, -0.05) is 0 Å². The molecule has 1 aromatic carbocycles. The largest absolute Gasteiger partial charge is 0.392 e. The number of aryl methyl sites for hydroxylation is 2. The van der Waals surface area contributed by atoms with Gasteiger partial charge in [0.1, 0.15) is 0 Å². The summed E-state index contributed by atoms with van der Waals surface area (Å²) in [5, 5.41) is 9.32. The summed E-state index contributed by atoms with van der Waals surface area (Å²) in [5.41, 5.74) is 1.83. The van der Waals surface area contributed by atoms with Crippen LogP contribution in [0.25, 0.3) is 22.6 Å². The minimum absolute atomic E-state index is 0.0879. The molecule has 0 radical (unpaired) electrons. The van der Waals surface area contributed by atoms with Crippen molar-refractivity contribution in [3.63, 3.8) is 0 Å². The molecule has 20 heavy (non-hydrogen) atoms. The second-order valence-electron chi connectivity index (χ2n) is 4.64. The van der Waals surface area contributed by atoms with E-state index in [4.69, 9.17) is 0 Å². The molecule has 0 fully saturated rings. The Morgan fingerprint density at radius 2 is 2.05 bits per heavy atom. The molecule has 7 heteroatoms. The van der Waals surface area contributed by atoms with E-state index >= 15 is 0 Å². The number of aliphatic hydroxyl groups is 1. The third kappa shape index (κ3) is 1.71. The molecule has 2 aliphatic rings. The second-order valence-corrected chi connectivity index (χ2v) is 4.64. The number of fused-ring (bicyclic) bond motifs is 2. The van der Waals surface area contributed by atoms with Gasteiger partial charge in [-0.2, -0.15) is 4.98 Å². The number of nitrogens with zero attached hydrogens (tertiary/aromatic N) is 3. The van der Waals surface area contributed by atoms with Crippen LogP contribution in [0.2, 0.25) is 0 Å². The monoisotopic (exact) mass is 272 g/mol. The van der Waals surface area contributed by atoms with Crippen LogP contribution in [-0.4, -0.2) is 24.6 Å². The average Bonchev–Trinajstić information content (AvgIpc) is 2.40. The van der Waals surface area contributed by atoms with Crippen molar-refractivity contribution in [3.05, 3.63) is 44.1 Å². The van der Waals surface area contributed by atoms with Crippen molar-refractivity contribution < 1.29 is 5.11 Å². The molecule has 0 spiro atoms. The van der Waals surface area contributed by atoms with Crippen LogP contribution in [0.4, 0.5) is 0 Å². The number of hydrogen-bond donors (Lipinski definition) is 2. The lowest BCUT2D eigenvalue weighted by Crippen LogP contribution is -2.28.